The highest BCUT2D eigenvalue weighted by atomic mass is 79.9. The van der Waals surface area contributed by atoms with Crippen molar-refractivity contribution in [3.8, 4) is 0 Å². The lowest BCUT2D eigenvalue weighted by Crippen LogP contribution is -2.32. The van der Waals surface area contributed by atoms with Gasteiger partial charge in [-0.15, -0.1) is 5.10 Å². The van der Waals surface area contributed by atoms with E-state index >= 15 is 0 Å². The highest BCUT2D eigenvalue weighted by Gasteiger charge is 2.28. The minimum absolute atomic E-state index is 0.0793. The summed E-state index contributed by atoms with van der Waals surface area (Å²) in [5, 5.41) is 7.84. The summed E-state index contributed by atoms with van der Waals surface area (Å²) in [5.74, 6) is 0.0793. The van der Waals surface area contributed by atoms with Crippen LogP contribution in [-0.4, -0.2) is 33.9 Å². The Morgan fingerprint density at radius 1 is 1.47 bits per heavy atom. The van der Waals surface area contributed by atoms with Gasteiger partial charge in [-0.3, -0.25) is 4.68 Å². The van der Waals surface area contributed by atoms with Gasteiger partial charge < -0.3 is 0 Å². The average molecular weight is 324 g/mol. The largest absolute Gasteiger partial charge is 0.251 e. The highest BCUT2D eigenvalue weighted by molar-refractivity contribution is 9.09. The molecule has 0 bridgehead atoms. The average Bonchev–Trinajstić information content (AvgIpc) is 2.61. The van der Waals surface area contributed by atoms with Crippen LogP contribution in [0, 0.1) is 0 Å². The Morgan fingerprint density at radius 3 is 2.47 bits per heavy atom. The lowest BCUT2D eigenvalue weighted by molar-refractivity contribution is 0.545. The molecule has 0 aliphatic heterocycles. The molecule has 1 heterocycles. The van der Waals surface area contributed by atoms with E-state index in [4.69, 9.17) is 0 Å². The van der Waals surface area contributed by atoms with E-state index in [9.17, 15) is 8.42 Å². The summed E-state index contributed by atoms with van der Waals surface area (Å²) in [4.78, 5) is 0.121. The predicted octanol–water partition coefficient (Wildman–Crippen LogP) is 1.95. The predicted molar refractivity (Wildman–Crippen MR) is 70.9 cm³/mol. The first-order chi connectivity index (χ1) is 7.63. The zero-order valence-electron chi connectivity index (χ0n) is 10.5. The van der Waals surface area contributed by atoms with Crippen LogP contribution in [0.2, 0.25) is 0 Å². The monoisotopic (exact) mass is 323 g/mol. The van der Waals surface area contributed by atoms with Gasteiger partial charge in [-0.05, 0) is 27.7 Å². The smallest absolute Gasteiger partial charge is 0.157 e. The molecule has 5 nitrogen and oxygen atoms in total. The van der Waals surface area contributed by atoms with Gasteiger partial charge in [0.15, 0.2) is 9.84 Å². The van der Waals surface area contributed by atoms with Gasteiger partial charge in [-0.1, -0.05) is 21.1 Å². The fourth-order valence-electron chi connectivity index (χ4n) is 1.12. The fraction of sp³-hybridized carbons (Fsp3) is 0.800. The van der Waals surface area contributed by atoms with Gasteiger partial charge in [-0.25, -0.2) is 8.42 Å². The zero-order valence-corrected chi connectivity index (χ0v) is 12.9. The molecule has 7 heteroatoms. The summed E-state index contributed by atoms with van der Waals surface area (Å²) in [5.41, 5.74) is 0.804. The topological polar surface area (TPSA) is 64.8 Å². The third-order valence-electron chi connectivity index (χ3n) is 2.49. The molecule has 1 atom stereocenters. The Labute approximate surface area is 111 Å². The Kier molecular flexibility index (Phi) is 4.35. The molecule has 1 aromatic rings. The molecule has 0 saturated carbocycles. The number of hydrogen-bond acceptors (Lipinski definition) is 4. The second-order valence-electron chi connectivity index (χ2n) is 4.95. The Morgan fingerprint density at radius 2 is 2.06 bits per heavy atom. The van der Waals surface area contributed by atoms with Crippen molar-refractivity contribution < 1.29 is 8.42 Å². The van der Waals surface area contributed by atoms with Crippen LogP contribution in [0.4, 0.5) is 0 Å². The van der Waals surface area contributed by atoms with E-state index in [1.54, 1.807) is 31.6 Å². The summed E-state index contributed by atoms with van der Waals surface area (Å²) in [7, 11) is -3.11. The van der Waals surface area contributed by atoms with Gasteiger partial charge in [0, 0.05) is 6.20 Å². The van der Waals surface area contributed by atoms with Crippen LogP contribution in [0.25, 0.3) is 0 Å². The number of aryl methyl sites for hydroxylation is 1. The van der Waals surface area contributed by atoms with Crippen molar-refractivity contribution in [1.29, 1.82) is 0 Å². The van der Waals surface area contributed by atoms with Crippen LogP contribution >= 0.6 is 15.9 Å². The zero-order chi connectivity index (χ0) is 13.3. The molecule has 0 N–H and O–H groups in total. The maximum atomic E-state index is 11.9. The molecular weight excluding hydrogens is 306 g/mol. The maximum Gasteiger partial charge on any atom is 0.157 e. The molecule has 17 heavy (non-hydrogen) atoms. The van der Waals surface area contributed by atoms with E-state index in [-0.39, 0.29) is 10.6 Å². The molecule has 98 valence electrons. The van der Waals surface area contributed by atoms with Crippen LogP contribution in [0.5, 0.6) is 0 Å². The Balaban J connectivity index is 2.68. The SMILES string of the molecule is CC(Br)c1cn(CCS(=O)(=O)C(C)(C)C)nn1. The van der Waals surface area contributed by atoms with Crippen LogP contribution in [-0.2, 0) is 16.4 Å². The molecule has 0 aliphatic rings. The van der Waals surface area contributed by atoms with Crippen LogP contribution in [0.15, 0.2) is 6.20 Å². The molecule has 0 radical (unpaired) electrons. The van der Waals surface area contributed by atoms with Crippen molar-refractivity contribution in [3.05, 3.63) is 11.9 Å². The third-order valence-corrected chi connectivity index (χ3v) is 5.54. The first-order valence-electron chi connectivity index (χ1n) is 5.40. The van der Waals surface area contributed by atoms with E-state index in [0.29, 0.717) is 6.54 Å². The minimum atomic E-state index is -3.11. The molecule has 1 aromatic heterocycles. The van der Waals surface area contributed by atoms with Gasteiger partial charge in [0.25, 0.3) is 0 Å². The second-order valence-corrected chi connectivity index (χ2v) is 9.19. The molecule has 0 amide bonds. The van der Waals surface area contributed by atoms with E-state index in [2.05, 4.69) is 26.2 Å². The minimum Gasteiger partial charge on any atom is -0.251 e. The number of halogens is 1. The van der Waals surface area contributed by atoms with E-state index in [1.165, 1.54) is 0 Å². The van der Waals surface area contributed by atoms with Crippen molar-refractivity contribution in [2.45, 2.75) is 43.8 Å². The molecule has 0 saturated heterocycles. The quantitative estimate of drug-likeness (QED) is 0.794. The molecule has 1 unspecified atom stereocenters. The Hall–Kier alpha value is -0.430. The highest BCUT2D eigenvalue weighted by Crippen LogP contribution is 2.19. The standard InChI is InChI=1S/C10H18BrN3O2S/c1-8(11)9-7-14(13-12-9)5-6-17(15,16)10(2,3)4/h7-8H,5-6H2,1-4H3. The number of nitrogens with zero attached hydrogens (tertiary/aromatic N) is 3. The summed E-state index contributed by atoms with van der Waals surface area (Å²) < 4.78 is 24.6. The van der Waals surface area contributed by atoms with Gasteiger partial charge in [0.1, 0.15) is 0 Å². The van der Waals surface area contributed by atoms with Crippen molar-refractivity contribution in [2.75, 3.05) is 5.75 Å². The molecular formula is C10H18BrN3O2S. The Bertz CT molecular complexity index is 474. The van der Waals surface area contributed by atoms with Crippen LogP contribution in [0.3, 0.4) is 0 Å². The summed E-state index contributed by atoms with van der Waals surface area (Å²) >= 11 is 3.38. The fourth-order valence-corrected chi connectivity index (χ4v) is 2.37. The lowest BCUT2D eigenvalue weighted by atomic mass is 10.3. The van der Waals surface area contributed by atoms with E-state index < -0.39 is 14.6 Å². The van der Waals surface area contributed by atoms with Gasteiger partial charge >= 0.3 is 0 Å². The molecule has 0 spiro atoms. The van der Waals surface area contributed by atoms with Gasteiger partial charge in [-0.2, -0.15) is 0 Å². The number of hydrogen-bond donors (Lipinski definition) is 0. The third kappa shape index (κ3) is 3.77. The summed E-state index contributed by atoms with van der Waals surface area (Å²) in [6.45, 7) is 7.40. The summed E-state index contributed by atoms with van der Waals surface area (Å²) in [6.07, 6.45) is 1.76. The molecule has 0 aliphatic carbocycles. The van der Waals surface area contributed by atoms with Crippen LogP contribution < -0.4 is 0 Å². The van der Waals surface area contributed by atoms with Gasteiger partial charge in [0.2, 0.25) is 0 Å². The van der Waals surface area contributed by atoms with Crippen molar-refractivity contribution in [2.24, 2.45) is 0 Å². The molecule has 0 aromatic carbocycles. The number of alkyl halides is 1. The molecule has 1 rings (SSSR count). The number of sulfone groups is 1. The molecule has 0 fully saturated rings. The van der Waals surface area contributed by atoms with Gasteiger partial charge in [0.05, 0.1) is 27.6 Å². The second kappa shape index (κ2) is 5.06. The normalized spacial score (nSPS) is 14.9. The van der Waals surface area contributed by atoms with E-state index in [1.807, 2.05) is 6.92 Å². The maximum absolute atomic E-state index is 11.9. The number of rotatable bonds is 4. The van der Waals surface area contributed by atoms with Crippen molar-refractivity contribution >= 4 is 25.8 Å². The van der Waals surface area contributed by atoms with Crippen molar-refractivity contribution in [1.82, 2.24) is 15.0 Å². The number of aromatic nitrogens is 3. The van der Waals surface area contributed by atoms with Crippen LogP contribution in [0.1, 0.15) is 38.2 Å². The first-order valence-corrected chi connectivity index (χ1v) is 7.97. The summed E-state index contributed by atoms with van der Waals surface area (Å²) in [6, 6.07) is 0. The van der Waals surface area contributed by atoms with E-state index in [0.717, 1.165) is 5.69 Å². The lowest BCUT2D eigenvalue weighted by Gasteiger charge is -2.18. The first kappa shape index (κ1) is 14.6. The van der Waals surface area contributed by atoms with Crippen molar-refractivity contribution in [3.63, 3.8) is 0 Å².